The first kappa shape index (κ1) is 13.4. The van der Waals surface area contributed by atoms with Crippen molar-refractivity contribution >= 4 is 5.84 Å². The molecule has 0 saturated carbocycles. The standard InChI is InChI=1S/C11H23N3O2/c1-15-9-6-14(5-2-11(12)13)10-3-7-16-8-4-10/h10H,2-9H2,1H3,(H3,12,13). The van der Waals surface area contributed by atoms with Gasteiger partial charge in [-0.3, -0.25) is 10.3 Å². The third-order valence-corrected chi connectivity index (χ3v) is 2.96. The Bertz CT molecular complexity index is 205. The van der Waals surface area contributed by atoms with Gasteiger partial charge in [-0.2, -0.15) is 0 Å². The molecule has 0 aliphatic carbocycles. The van der Waals surface area contributed by atoms with Crippen LogP contribution in [0.4, 0.5) is 0 Å². The second-order valence-corrected chi connectivity index (χ2v) is 4.15. The minimum Gasteiger partial charge on any atom is -0.388 e. The van der Waals surface area contributed by atoms with Gasteiger partial charge >= 0.3 is 0 Å². The van der Waals surface area contributed by atoms with Gasteiger partial charge in [0.1, 0.15) is 0 Å². The monoisotopic (exact) mass is 229 g/mol. The predicted molar refractivity (Wildman–Crippen MR) is 63.8 cm³/mol. The van der Waals surface area contributed by atoms with Gasteiger partial charge in [-0.1, -0.05) is 0 Å². The van der Waals surface area contributed by atoms with Crippen molar-refractivity contribution < 1.29 is 9.47 Å². The summed E-state index contributed by atoms with van der Waals surface area (Å²) in [5, 5.41) is 7.27. The average molecular weight is 229 g/mol. The van der Waals surface area contributed by atoms with Crippen molar-refractivity contribution in [3.05, 3.63) is 0 Å². The SMILES string of the molecule is COCCN(CCC(=N)N)C1CCOCC1. The van der Waals surface area contributed by atoms with Crippen LogP contribution in [0.2, 0.25) is 0 Å². The summed E-state index contributed by atoms with van der Waals surface area (Å²) in [6.45, 7) is 4.18. The molecule has 0 aromatic carbocycles. The fourth-order valence-electron chi connectivity index (χ4n) is 2.00. The van der Waals surface area contributed by atoms with Crippen molar-refractivity contribution in [1.29, 1.82) is 5.41 Å². The van der Waals surface area contributed by atoms with E-state index in [1.165, 1.54) is 0 Å². The van der Waals surface area contributed by atoms with Crippen LogP contribution >= 0.6 is 0 Å². The van der Waals surface area contributed by atoms with Gasteiger partial charge in [0.15, 0.2) is 0 Å². The highest BCUT2D eigenvalue weighted by Crippen LogP contribution is 2.14. The molecular formula is C11H23N3O2. The van der Waals surface area contributed by atoms with E-state index in [4.69, 9.17) is 20.6 Å². The van der Waals surface area contributed by atoms with Crippen molar-refractivity contribution in [2.24, 2.45) is 5.73 Å². The van der Waals surface area contributed by atoms with Crippen molar-refractivity contribution in [1.82, 2.24) is 4.90 Å². The fourth-order valence-corrected chi connectivity index (χ4v) is 2.00. The van der Waals surface area contributed by atoms with Crippen molar-refractivity contribution in [2.75, 3.05) is 40.0 Å². The lowest BCUT2D eigenvalue weighted by Gasteiger charge is -2.34. The number of ether oxygens (including phenoxy) is 2. The number of nitrogens with one attached hydrogen (secondary N) is 1. The molecule has 5 nitrogen and oxygen atoms in total. The van der Waals surface area contributed by atoms with E-state index in [1.807, 2.05) is 0 Å². The molecule has 0 amide bonds. The van der Waals surface area contributed by atoms with Gasteiger partial charge in [0.25, 0.3) is 0 Å². The number of nitrogens with zero attached hydrogens (tertiary/aromatic N) is 1. The minimum absolute atomic E-state index is 0.259. The Balaban J connectivity index is 2.37. The van der Waals surface area contributed by atoms with Crippen molar-refractivity contribution in [3.63, 3.8) is 0 Å². The average Bonchev–Trinajstić information content (AvgIpc) is 2.30. The smallest absolute Gasteiger partial charge is 0.0918 e. The first-order chi connectivity index (χ1) is 7.74. The van der Waals surface area contributed by atoms with Crippen LogP contribution in [0.5, 0.6) is 0 Å². The summed E-state index contributed by atoms with van der Waals surface area (Å²) >= 11 is 0. The van der Waals surface area contributed by atoms with E-state index >= 15 is 0 Å². The largest absolute Gasteiger partial charge is 0.388 e. The van der Waals surface area contributed by atoms with E-state index in [-0.39, 0.29) is 5.84 Å². The molecule has 1 saturated heterocycles. The Hall–Kier alpha value is -0.650. The highest BCUT2D eigenvalue weighted by molar-refractivity contribution is 5.76. The Morgan fingerprint density at radius 2 is 2.12 bits per heavy atom. The minimum atomic E-state index is 0.259. The summed E-state index contributed by atoms with van der Waals surface area (Å²) < 4.78 is 10.5. The van der Waals surface area contributed by atoms with Crippen LogP contribution < -0.4 is 5.73 Å². The van der Waals surface area contributed by atoms with Gasteiger partial charge in [-0.05, 0) is 12.8 Å². The maximum atomic E-state index is 7.27. The lowest BCUT2D eigenvalue weighted by Crippen LogP contribution is -2.42. The Labute approximate surface area is 97.4 Å². The van der Waals surface area contributed by atoms with Gasteiger partial charge in [-0.25, -0.2) is 0 Å². The van der Waals surface area contributed by atoms with E-state index in [0.717, 1.165) is 45.8 Å². The normalized spacial score (nSPS) is 17.9. The maximum Gasteiger partial charge on any atom is 0.0918 e. The van der Waals surface area contributed by atoms with Crippen LogP contribution in [0.3, 0.4) is 0 Å². The third-order valence-electron chi connectivity index (χ3n) is 2.96. The van der Waals surface area contributed by atoms with Crippen molar-refractivity contribution in [2.45, 2.75) is 25.3 Å². The lowest BCUT2D eigenvalue weighted by molar-refractivity contribution is 0.0256. The lowest BCUT2D eigenvalue weighted by atomic mass is 10.1. The molecule has 0 radical (unpaired) electrons. The fraction of sp³-hybridized carbons (Fsp3) is 0.909. The predicted octanol–water partition coefficient (Wildman–Crippen LogP) is 0.440. The zero-order valence-electron chi connectivity index (χ0n) is 10.1. The van der Waals surface area contributed by atoms with E-state index in [2.05, 4.69) is 4.90 Å². The van der Waals surface area contributed by atoms with E-state index < -0.39 is 0 Å². The van der Waals surface area contributed by atoms with Gasteiger partial charge in [0, 0.05) is 45.9 Å². The van der Waals surface area contributed by atoms with E-state index in [1.54, 1.807) is 7.11 Å². The number of amidine groups is 1. The molecule has 1 aliphatic heterocycles. The Morgan fingerprint density at radius 3 is 2.69 bits per heavy atom. The molecular weight excluding hydrogens is 206 g/mol. The first-order valence-electron chi connectivity index (χ1n) is 5.87. The Morgan fingerprint density at radius 1 is 1.44 bits per heavy atom. The van der Waals surface area contributed by atoms with Crippen LogP contribution in [0.15, 0.2) is 0 Å². The van der Waals surface area contributed by atoms with Crippen LogP contribution in [-0.4, -0.2) is 56.8 Å². The molecule has 16 heavy (non-hydrogen) atoms. The second-order valence-electron chi connectivity index (χ2n) is 4.15. The van der Waals surface area contributed by atoms with Crippen LogP contribution in [0.25, 0.3) is 0 Å². The number of nitrogens with two attached hydrogens (primary N) is 1. The van der Waals surface area contributed by atoms with Crippen molar-refractivity contribution in [3.8, 4) is 0 Å². The molecule has 1 rings (SSSR count). The molecule has 0 aromatic rings. The van der Waals surface area contributed by atoms with Crippen LogP contribution in [0, 0.1) is 5.41 Å². The molecule has 0 unspecified atom stereocenters. The summed E-state index contributed by atoms with van der Waals surface area (Å²) in [7, 11) is 1.72. The molecule has 1 aliphatic rings. The molecule has 1 heterocycles. The second kappa shape index (κ2) is 7.60. The molecule has 0 aromatic heterocycles. The maximum absolute atomic E-state index is 7.27. The quantitative estimate of drug-likeness (QED) is 0.491. The van der Waals surface area contributed by atoms with Gasteiger partial charge < -0.3 is 15.2 Å². The van der Waals surface area contributed by atoms with Gasteiger partial charge in [0.05, 0.1) is 12.4 Å². The molecule has 5 heteroatoms. The Kier molecular flexibility index (Phi) is 6.37. The third kappa shape index (κ3) is 4.92. The van der Waals surface area contributed by atoms with Gasteiger partial charge in [0.2, 0.25) is 0 Å². The number of hydrogen-bond acceptors (Lipinski definition) is 4. The topological polar surface area (TPSA) is 71.6 Å². The summed E-state index contributed by atoms with van der Waals surface area (Å²) in [6, 6.07) is 0.559. The molecule has 0 bridgehead atoms. The highest BCUT2D eigenvalue weighted by Gasteiger charge is 2.20. The highest BCUT2D eigenvalue weighted by atomic mass is 16.5. The summed E-state index contributed by atoms with van der Waals surface area (Å²) in [5.41, 5.74) is 5.40. The summed E-state index contributed by atoms with van der Waals surface area (Å²) in [5.74, 6) is 0.259. The van der Waals surface area contributed by atoms with Crippen LogP contribution in [-0.2, 0) is 9.47 Å². The molecule has 1 fully saturated rings. The molecule has 0 atom stereocenters. The molecule has 94 valence electrons. The van der Waals surface area contributed by atoms with Crippen LogP contribution in [0.1, 0.15) is 19.3 Å². The zero-order valence-corrected chi connectivity index (χ0v) is 10.1. The summed E-state index contributed by atoms with van der Waals surface area (Å²) in [4.78, 5) is 2.37. The molecule has 3 N–H and O–H groups in total. The molecule has 0 spiro atoms. The zero-order chi connectivity index (χ0) is 11.8. The number of methoxy groups -OCH3 is 1. The number of rotatable bonds is 7. The first-order valence-corrected chi connectivity index (χ1v) is 5.87. The number of hydrogen-bond donors (Lipinski definition) is 2. The van der Waals surface area contributed by atoms with E-state index in [0.29, 0.717) is 12.5 Å². The summed E-state index contributed by atoms with van der Waals surface area (Å²) in [6.07, 6.45) is 2.78. The van der Waals surface area contributed by atoms with E-state index in [9.17, 15) is 0 Å². The van der Waals surface area contributed by atoms with Gasteiger partial charge in [-0.15, -0.1) is 0 Å².